The zero-order valence-electron chi connectivity index (χ0n) is 11.1. The van der Waals surface area contributed by atoms with Gasteiger partial charge < -0.3 is 4.90 Å². The lowest BCUT2D eigenvalue weighted by atomic mass is 10.2. The third-order valence-corrected chi connectivity index (χ3v) is 4.16. The Hall–Kier alpha value is -1.23. The number of anilines is 1. The lowest BCUT2D eigenvalue weighted by molar-refractivity contribution is 0.208. The van der Waals surface area contributed by atoms with Gasteiger partial charge in [0, 0.05) is 29.8 Å². The molecule has 2 heterocycles. The first-order chi connectivity index (χ1) is 8.46. The van der Waals surface area contributed by atoms with E-state index in [4.69, 9.17) is 0 Å². The van der Waals surface area contributed by atoms with Crippen LogP contribution in [0.15, 0.2) is 18.3 Å². The number of aromatic nitrogens is 1. The number of aryl methyl sites for hydroxylation is 1. The van der Waals surface area contributed by atoms with Crippen LogP contribution in [0.4, 0.5) is 10.6 Å². The number of hydrogen-bond donors (Lipinski definition) is 1. The summed E-state index contributed by atoms with van der Waals surface area (Å²) in [5.41, 5.74) is 1.09. The van der Waals surface area contributed by atoms with Gasteiger partial charge in [-0.3, -0.25) is 5.32 Å². The van der Waals surface area contributed by atoms with Crippen LogP contribution >= 0.6 is 11.8 Å². The highest BCUT2D eigenvalue weighted by molar-refractivity contribution is 8.00. The first-order valence-electron chi connectivity index (χ1n) is 6.09. The molecular formula is C13H19N3OS. The van der Waals surface area contributed by atoms with Gasteiger partial charge in [-0.2, -0.15) is 11.8 Å². The number of amides is 2. The standard InChI is InChI=1S/C13H19N3OS/c1-10-4-5-11(14-8-10)15-12(17)16-6-7-18-13(2,3)9-16/h4-5,8H,6-7,9H2,1-3H3,(H,14,15,17). The van der Waals surface area contributed by atoms with Crippen LogP contribution in [-0.4, -0.2) is 39.5 Å². The van der Waals surface area contributed by atoms with Crippen molar-refractivity contribution in [1.82, 2.24) is 9.88 Å². The maximum Gasteiger partial charge on any atom is 0.323 e. The highest BCUT2D eigenvalue weighted by atomic mass is 32.2. The Morgan fingerprint density at radius 3 is 2.89 bits per heavy atom. The first kappa shape index (κ1) is 13.2. The Morgan fingerprint density at radius 2 is 2.28 bits per heavy atom. The van der Waals surface area contributed by atoms with Crippen molar-refractivity contribution in [2.75, 3.05) is 24.2 Å². The van der Waals surface area contributed by atoms with Gasteiger partial charge in [-0.05, 0) is 32.4 Å². The van der Waals surface area contributed by atoms with Gasteiger partial charge in [-0.1, -0.05) is 6.07 Å². The van der Waals surface area contributed by atoms with E-state index in [2.05, 4.69) is 24.1 Å². The Balaban J connectivity index is 1.97. The predicted octanol–water partition coefficient (Wildman–Crippen LogP) is 2.75. The molecule has 1 fully saturated rings. The quantitative estimate of drug-likeness (QED) is 0.849. The summed E-state index contributed by atoms with van der Waals surface area (Å²) in [6.45, 7) is 7.88. The fourth-order valence-electron chi connectivity index (χ4n) is 1.92. The summed E-state index contributed by atoms with van der Waals surface area (Å²) in [6, 6.07) is 3.72. The third-order valence-electron chi connectivity index (χ3n) is 2.86. The van der Waals surface area contributed by atoms with Crippen molar-refractivity contribution >= 4 is 23.6 Å². The van der Waals surface area contributed by atoms with Crippen molar-refractivity contribution < 1.29 is 4.79 Å². The molecule has 0 bridgehead atoms. The molecule has 1 aliphatic heterocycles. The van der Waals surface area contributed by atoms with E-state index in [1.165, 1.54) is 0 Å². The summed E-state index contributed by atoms with van der Waals surface area (Å²) in [5.74, 6) is 1.60. The molecule has 98 valence electrons. The Morgan fingerprint density at radius 1 is 1.50 bits per heavy atom. The molecule has 1 saturated heterocycles. The molecule has 1 aromatic rings. The number of carbonyl (C=O) groups is 1. The molecule has 0 aromatic carbocycles. The van der Waals surface area contributed by atoms with Crippen molar-refractivity contribution in [3.05, 3.63) is 23.9 Å². The van der Waals surface area contributed by atoms with Gasteiger partial charge in [0.05, 0.1) is 0 Å². The highest BCUT2D eigenvalue weighted by Gasteiger charge is 2.29. The molecule has 18 heavy (non-hydrogen) atoms. The van der Waals surface area contributed by atoms with E-state index < -0.39 is 0 Å². The van der Waals surface area contributed by atoms with Crippen molar-refractivity contribution in [1.29, 1.82) is 0 Å². The number of nitrogens with one attached hydrogen (secondary N) is 1. The van der Waals surface area contributed by atoms with Crippen LogP contribution in [0, 0.1) is 6.92 Å². The number of rotatable bonds is 1. The fraction of sp³-hybridized carbons (Fsp3) is 0.538. The molecule has 0 spiro atoms. The van der Waals surface area contributed by atoms with Crippen LogP contribution in [0.2, 0.25) is 0 Å². The lowest BCUT2D eigenvalue weighted by Crippen LogP contribution is -2.47. The smallest absolute Gasteiger partial charge is 0.322 e. The van der Waals surface area contributed by atoms with E-state index in [0.717, 1.165) is 24.4 Å². The highest BCUT2D eigenvalue weighted by Crippen LogP contribution is 2.29. The minimum atomic E-state index is -0.0558. The zero-order valence-corrected chi connectivity index (χ0v) is 11.9. The van der Waals surface area contributed by atoms with Crippen LogP contribution in [-0.2, 0) is 0 Å². The molecule has 1 aromatic heterocycles. The normalized spacial score (nSPS) is 18.5. The first-order valence-corrected chi connectivity index (χ1v) is 7.07. The predicted molar refractivity (Wildman–Crippen MR) is 76.1 cm³/mol. The maximum atomic E-state index is 12.1. The van der Waals surface area contributed by atoms with Crippen LogP contribution in [0.1, 0.15) is 19.4 Å². The van der Waals surface area contributed by atoms with E-state index in [1.807, 2.05) is 35.7 Å². The van der Waals surface area contributed by atoms with Crippen LogP contribution in [0.25, 0.3) is 0 Å². The molecule has 1 N–H and O–H groups in total. The minimum absolute atomic E-state index is 0.0558. The second kappa shape index (κ2) is 5.18. The SMILES string of the molecule is Cc1ccc(NC(=O)N2CCSC(C)(C)C2)nc1. The summed E-state index contributed by atoms with van der Waals surface area (Å²) >= 11 is 1.91. The average Bonchev–Trinajstić information content (AvgIpc) is 2.31. The molecule has 0 saturated carbocycles. The second-order valence-corrected chi connectivity index (χ2v) is 6.98. The molecule has 0 atom stereocenters. The molecule has 2 amide bonds. The molecular weight excluding hydrogens is 246 g/mol. The van der Waals surface area contributed by atoms with Crippen molar-refractivity contribution in [2.24, 2.45) is 0 Å². The Kier molecular flexibility index (Phi) is 3.80. The van der Waals surface area contributed by atoms with E-state index in [0.29, 0.717) is 5.82 Å². The van der Waals surface area contributed by atoms with E-state index >= 15 is 0 Å². The average molecular weight is 265 g/mol. The molecule has 0 aliphatic carbocycles. The van der Waals surface area contributed by atoms with E-state index in [-0.39, 0.29) is 10.8 Å². The topological polar surface area (TPSA) is 45.2 Å². The Labute approximate surface area is 112 Å². The molecule has 0 radical (unpaired) electrons. The second-order valence-electron chi connectivity index (χ2n) is 5.18. The largest absolute Gasteiger partial charge is 0.323 e. The fourth-order valence-corrected chi connectivity index (χ4v) is 3.03. The third kappa shape index (κ3) is 3.38. The molecule has 4 nitrogen and oxygen atoms in total. The monoisotopic (exact) mass is 265 g/mol. The summed E-state index contributed by atoms with van der Waals surface area (Å²) < 4.78 is 0.135. The molecule has 0 unspecified atom stereocenters. The van der Waals surface area contributed by atoms with Crippen molar-refractivity contribution in [2.45, 2.75) is 25.5 Å². The lowest BCUT2D eigenvalue weighted by Gasteiger charge is -2.37. The van der Waals surface area contributed by atoms with E-state index in [9.17, 15) is 4.79 Å². The summed E-state index contributed by atoms with van der Waals surface area (Å²) in [7, 11) is 0. The molecule has 2 rings (SSSR count). The number of pyridine rings is 1. The Bertz CT molecular complexity index is 430. The van der Waals surface area contributed by atoms with Gasteiger partial charge >= 0.3 is 6.03 Å². The number of urea groups is 1. The summed E-state index contributed by atoms with van der Waals surface area (Å²) in [5, 5.41) is 2.84. The van der Waals surface area contributed by atoms with Gasteiger partial charge in [-0.25, -0.2) is 9.78 Å². The van der Waals surface area contributed by atoms with Gasteiger partial charge in [0.2, 0.25) is 0 Å². The van der Waals surface area contributed by atoms with Gasteiger partial charge in [0.1, 0.15) is 5.82 Å². The van der Waals surface area contributed by atoms with Gasteiger partial charge in [0.25, 0.3) is 0 Å². The van der Waals surface area contributed by atoms with Crippen molar-refractivity contribution in [3.8, 4) is 0 Å². The van der Waals surface area contributed by atoms with Gasteiger partial charge in [-0.15, -0.1) is 0 Å². The van der Waals surface area contributed by atoms with E-state index in [1.54, 1.807) is 6.20 Å². The van der Waals surface area contributed by atoms with Crippen LogP contribution in [0.5, 0.6) is 0 Å². The number of nitrogens with zero attached hydrogens (tertiary/aromatic N) is 2. The maximum absolute atomic E-state index is 12.1. The molecule has 5 heteroatoms. The zero-order chi connectivity index (χ0) is 13.2. The van der Waals surface area contributed by atoms with Crippen LogP contribution < -0.4 is 5.32 Å². The number of carbonyl (C=O) groups excluding carboxylic acids is 1. The number of hydrogen-bond acceptors (Lipinski definition) is 3. The summed E-state index contributed by atoms with van der Waals surface area (Å²) in [6.07, 6.45) is 1.76. The van der Waals surface area contributed by atoms with Crippen LogP contribution in [0.3, 0.4) is 0 Å². The molecule has 1 aliphatic rings. The number of thioether (sulfide) groups is 1. The van der Waals surface area contributed by atoms with Gasteiger partial charge in [0.15, 0.2) is 0 Å². The van der Waals surface area contributed by atoms with Crippen molar-refractivity contribution in [3.63, 3.8) is 0 Å². The summed E-state index contributed by atoms with van der Waals surface area (Å²) in [4.78, 5) is 18.2. The minimum Gasteiger partial charge on any atom is -0.322 e.